The molecule has 0 saturated carbocycles. The summed E-state index contributed by atoms with van der Waals surface area (Å²) in [5.41, 5.74) is 3.53. The maximum Gasteiger partial charge on any atom is 0.319 e. The molecule has 0 fully saturated rings. The first-order chi connectivity index (χ1) is 15.7. The van der Waals surface area contributed by atoms with E-state index in [1.54, 1.807) is 18.2 Å². The van der Waals surface area contributed by atoms with Gasteiger partial charge in [-0.2, -0.15) is 5.26 Å². The normalized spacial score (nSPS) is 17.7. The van der Waals surface area contributed by atoms with Crippen molar-refractivity contribution in [3.8, 4) is 6.07 Å². The van der Waals surface area contributed by atoms with Crippen LogP contribution in [0.25, 0.3) is 0 Å². The van der Waals surface area contributed by atoms with Crippen LogP contribution in [0.3, 0.4) is 0 Å². The minimum Gasteiger partial charge on any atom is -0.468 e. The van der Waals surface area contributed by atoms with Crippen LogP contribution in [0.4, 0.5) is 5.69 Å². The molecule has 33 heavy (non-hydrogen) atoms. The fourth-order valence-electron chi connectivity index (χ4n) is 3.50. The Hall–Kier alpha value is -3.09. The van der Waals surface area contributed by atoms with Gasteiger partial charge >= 0.3 is 5.97 Å². The summed E-state index contributed by atoms with van der Waals surface area (Å²) in [6.45, 7) is 3.86. The molecule has 1 aliphatic rings. The highest BCUT2D eigenvalue weighted by Crippen LogP contribution is 2.40. The number of nitriles is 1. The second-order valence-corrected chi connectivity index (χ2v) is 9.39. The zero-order chi connectivity index (χ0) is 24.1. The van der Waals surface area contributed by atoms with Gasteiger partial charge in [-0.25, -0.2) is 0 Å². The van der Waals surface area contributed by atoms with Crippen LogP contribution >= 0.6 is 27.7 Å². The highest BCUT2D eigenvalue weighted by atomic mass is 79.9. The summed E-state index contributed by atoms with van der Waals surface area (Å²) < 4.78 is 5.59. The van der Waals surface area contributed by atoms with E-state index in [0.29, 0.717) is 11.3 Å². The molecule has 170 valence electrons. The van der Waals surface area contributed by atoms with Crippen molar-refractivity contribution in [2.75, 3.05) is 18.2 Å². The van der Waals surface area contributed by atoms with E-state index in [1.807, 2.05) is 38.1 Å². The molecular formula is C24H22BrN3O4S. The van der Waals surface area contributed by atoms with Gasteiger partial charge in [0.15, 0.2) is 0 Å². The summed E-state index contributed by atoms with van der Waals surface area (Å²) in [6, 6.07) is 15.0. The summed E-state index contributed by atoms with van der Waals surface area (Å²) in [5.74, 6) is -3.65. The Labute approximate surface area is 204 Å². The van der Waals surface area contributed by atoms with Crippen molar-refractivity contribution in [2.45, 2.75) is 19.8 Å². The minimum atomic E-state index is -1.20. The van der Waals surface area contributed by atoms with Gasteiger partial charge in [-0.3, -0.25) is 14.4 Å². The quantitative estimate of drug-likeness (QED) is 0.431. The van der Waals surface area contributed by atoms with Gasteiger partial charge in [0.05, 0.1) is 35.2 Å². The van der Waals surface area contributed by atoms with Crippen LogP contribution in [-0.2, 0) is 19.1 Å². The van der Waals surface area contributed by atoms with Crippen LogP contribution in [-0.4, -0.2) is 30.6 Å². The van der Waals surface area contributed by atoms with E-state index < -0.39 is 23.7 Å². The molecule has 1 heterocycles. The Bertz CT molecular complexity index is 1170. The third kappa shape index (κ3) is 5.64. The largest absolute Gasteiger partial charge is 0.468 e. The van der Waals surface area contributed by atoms with E-state index in [0.717, 1.165) is 27.4 Å². The van der Waals surface area contributed by atoms with Crippen molar-refractivity contribution < 1.29 is 19.1 Å². The molecule has 3 rings (SSSR count). The first-order valence-corrected chi connectivity index (χ1v) is 11.8. The molecule has 0 spiro atoms. The van der Waals surface area contributed by atoms with E-state index in [2.05, 4.69) is 32.6 Å². The number of rotatable bonds is 6. The molecule has 7 nitrogen and oxygen atoms in total. The van der Waals surface area contributed by atoms with Gasteiger partial charge in [0.25, 0.3) is 0 Å². The molecule has 1 aliphatic heterocycles. The van der Waals surface area contributed by atoms with Crippen LogP contribution in [0.1, 0.15) is 22.6 Å². The molecule has 0 bridgehead atoms. The predicted molar refractivity (Wildman–Crippen MR) is 130 cm³/mol. The highest BCUT2D eigenvalue weighted by Gasteiger charge is 2.44. The van der Waals surface area contributed by atoms with Gasteiger partial charge in [0.1, 0.15) is 5.92 Å². The molecular weight excluding hydrogens is 506 g/mol. The fourth-order valence-corrected chi connectivity index (χ4v) is 4.94. The maximum atomic E-state index is 12.9. The molecule has 0 aliphatic carbocycles. The zero-order valence-corrected chi connectivity index (χ0v) is 20.7. The van der Waals surface area contributed by atoms with Crippen molar-refractivity contribution in [3.63, 3.8) is 0 Å². The molecule has 2 amide bonds. The van der Waals surface area contributed by atoms with E-state index >= 15 is 0 Å². The molecule has 0 saturated heterocycles. The standard InChI is InChI=1S/C24H22BrN3O4S/c1-13-4-7-15(8-5-13)20-16(11-26)23(28-22(30)21(20)24(31)32-3)33-12-19(29)27-18-9-6-14(2)10-17(18)25/h4-10,20-21H,12H2,1-3H3,(H,27,29)(H,28,30)/t20-,21+/m1/s1. The average molecular weight is 528 g/mol. The average Bonchev–Trinajstić information content (AvgIpc) is 2.79. The summed E-state index contributed by atoms with van der Waals surface area (Å²) in [6.07, 6.45) is 0. The summed E-state index contributed by atoms with van der Waals surface area (Å²) in [5, 5.41) is 15.6. The third-order valence-corrected chi connectivity index (χ3v) is 6.84. The monoisotopic (exact) mass is 527 g/mol. The lowest BCUT2D eigenvalue weighted by atomic mass is 9.78. The van der Waals surface area contributed by atoms with Crippen molar-refractivity contribution in [2.24, 2.45) is 5.92 Å². The van der Waals surface area contributed by atoms with Crippen LogP contribution in [0, 0.1) is 31.1 Å². The number of hydrogen-bond donors (Lipinski definition) is 2. The Kier molecular flexibility index (Phi) is 7.95. The zero-order valence-electron chi connectivity index (χ0n) is 18.3. The van der Waals surface area contributed by atoms with Gasteiger partial charge in [-0.1, -0.05) is 47.7 Å². The number of benzene rings is 2. The minimum absolute atomic E-state index is 0.0371. The topological polar surface area (TPSA) is 108 Å². The number of nitrogens with zero attached hydrogens (tertiary/aromatic N) is 1. The molecule has 2 atom stereocenters. The summed E-state index contributed by atoms with van der Waals surface area (Å²) in [7, 11) is 1.20. The number of allylic oxidation sites excluding steroid dienone is 1. The molecule has 2 N–H and O–H groups in total. The van der Waals surface area contributed by atoms with Gasteiger partial charge in [-0.15, -0.1) is 0 Å². The molecule has 0 unspecified atom stereocenters. The maximum absolute atomic E-state index is 12.9. The first-order valence-electron chi connectivity index (χ1n) is 10.0. The van der Waals surface area contributed by atoms with Crippen molar-refractivity contribution in [3.05, 3.63) is 74.2 Å². The fraction of sp³-hybridized carbons (Fsp3) is 0.250. The van der Waals surface area contributed by atoms with Gasteiger partial charge in [0.2, 0.25) is 11.8 Å². The summed E-state index contributed by atoms with van der Waals surface area (Å²) in [4.78, 5) is 37.8. The molecule has 2 aromatic rings. The highest BCUT2D eigenvalue weighted by molar-refractivity contribution is 9.10. The SMILES string of the molecule is COC(=O)[C@@H]1C(=O)NC(SCC(=O)Nc2ccc(C)cc2Br)=C(C#N)[C@H]1c1ccc(C)cc1. The van der Waals surface area contributed by atoms with Crippen LogP contribution in [0.2, 0.25) is 0 Å². The number of carbonyl (C=O) groups is 3. The van der Waals surface area contributed by atoms with Gasteiger partial charge in [-0.05, 0) is 53.0 Å². The smallest absolute Gasteiger partial charge is 0.319 e. The van der Waals surface area contributed by atoms with E-state index in [-0.39, 0.29) is 22.3 Å². The number of hydrogen-bond acceptors (Lipinski definition) is 6. The number of amides is 2. The lowest BCUT2D eigenvalue weighted by Gasteiger charge is -2.31. The number of anilines is 1. The lowest BCUT2D eigenvalue weighted by Crippen LogP contribution is -2.44. The number of methoxy groups -OCH3 is 1. The number of aryl methyl sites for hydroxylation is 2. The van der Waals surface area contributed by atoms with Gasteiger partial charge in [0, 0.05) is 10.4 Å². The van der Waals surface area contributed by atoms with Crippen molar-refractivity contribution in [1.82, 2.24) is 5.32 Å². The Balaban J connectivity index is 1.88. The number of thioether (sulfide) groups is 1. The molecule has 2 aromatic carbocycles. The van der Waals surface area contributed by atoms with Crippen LogP contribution < -0.4 is 10.6 Å². The molecule has 0 aromatic heterocycles. The number of esters is 1. The second kappa shape index (κ2) is 10.7. The third-order valence-electron chi connectivity index (χ3n) is 5.17. The van der Waals surface area contributed by atoms with Gasteiger partial charge < -0.3 is 15.4 Å². The van der Waals surface area contributed by atoms with Crippen LogP contribution in [0.15, 0.2) is 57.5 Å². The summed E-state index contributed by atoms with van der Waals surface area (Å²) >= 11 is 4.46. The van der Waals surface area contributed by atoms with E-state index in [1.165, 1.54) is 7.11 Å². The first kappa shape index (κ1) is 24.6. The number of ether oxygens (including phenoxy) is 1. The number of nitrogens with one attached hydrogen (secondary N) is 2. The van der Waals surface area contributed by atoms with E-state index in [9.17, 15) is 19.6 Å². The molecule has 9 heteroatoms. The number of carbonyl (C=O) groups excluding carboxylic acids is 3. The molecule has 0 radical (unpaired) electrons. The van der Waals surface area contributed by atoms with Crippen LogP contribution in [0.5, 0.6) is 0 Å². The Morgan fingerprint density at radius 3 is 2.45 bits per heavy atom. The Morgan fingerprint density at radius 1 is 1.18 bits per heavy atom. The number of halogens is 1. The predicted octanol–water partition coefficient (Wildman–Crippen LogP) is 4.18. The van der Waals surface area contributed by atoms with E-state index in [4.69, 9.17) is 4.74 Å². The van der Waals surface area contributed by atoms with Crippen molar-refractivity contribution >= 4 is 51.2 Å². The second-order valence-electron chi connectivity index (χ2n) is 7.55. The van der Waals surface area contributed by atoms with Crippen molar-refractivity contribution in [1.29, 1.82) is 5.26 Å². The lowest BCUT2D eigenvalue weighted by molar-refractivity contribution is -0.150. The Morgan fingerprint density at radius 2 is 1.85 bits per heavy atom.